The number of hydrogen-bond donors (Lipinski definition) is 1. The Morgan fingerprint density at radius 1 is 1.33 bits per heavy atom. The molecule has 1 aliphatic heterocycles. The van der Waals surface area contributed by atoms with Crippen molar-refractivity contribution < 1.29 is 4.79 Å². The van der Waals surface area contributed by atoms with Crippen LogP contribution in [-0.2, 0) is 4.79 Å². The van der Waals surface area contributed by atoms with Gasteiger partial charge in [-0.05, 0) is 0 Å². The molecule has 1 aromatic heterocycles. The third-order valence-electron chi connectivity index (χ3n) is 2.40. The Bertz CT molecular complexity index is 433. The summed E-state index contributed by atoms with van der Waals surface area (Å²) in [5.41, 5.74) is -0.349. The van der Waals surface area contributed by atoms with E-state index in [1.165, 1.54) is 6.33 Å². The molecule has 0 amide bonds. The fraction of sp³-hybridized carbons (Fsp3) is 0.444. The minimum atomic E-state index is -0.349. The van der Waals surface area contributed by atoms with Crippen molar-refractivity contribution in [3.8, 4) is 0 Å². The molecule has 1 aliphatic rings. The third-order valence-corrected chi connectivity index (χ3v) is 2.74. The van der Waals surface area contributed by atoms with Crippen molar-refractivity contribution in [1.82, 2.24) is 9.97 Å². The Kier molecular flexibility index (Phi) is 2.73. The summed E-state index contributed by atoms with van der Waals surface area (Å²) in [6.07, 6.45) is 2.30. The van der Waals surface area contributed by atoms with Gasteiger partial charge in [-0.1, -0.05) is 11.6 Å². The largest absolute Gasteiger partial charge is 0.354 e. The van der Waals surface area contributed by atoms with E-state index in [1.807, 2.05) is 4.90 Å². The van der Waals surface area contributed by atoms with Gasteiger partial charge in [0.25, 0.3) is 5.56 Å². The summed E-state index contributed by atoms with van der Waals surface area (Å²) in [6.45, 7) is 1.16. The van der Waals surface area contributed by atoms with Gasteiger partial charge in [-0.25, -0.2) is 4.98 Å². The maximum absolute atomic E-state index is 11.2. The predicted molar refractivity (Wildman–Crippen MR) is 56.3 cm³/mol. The number of anilines is 1. The molecule has 0 aliphatic carbocycles. The molecule has 2 rings (SSSR count). The highest BCUT2D eigenvalue weighted by atomic mass is 35.5. The number of piperidine rings is 1. The second-order valence-corrected chi connectivity index (χ2v) is 3.77. The number of aromatic amines is 1. The Labute approximate surface area is 91.1 Å². The lowest BCUT2D eigenvalue weighted by molar-refractivity contribution is -0.119. The number of hydrogen-bond acceptors (Lipinski definition) is 4. The number of halogens is 1. The van der Waals surface area contributed by atoms with E-state index in [9.17, 15) is 9.59 Å². The maximum atomic E-state index is 11.2. The van der Waals surface area contributed by atoms with Crippen LogP contribution >= 0.6 is 11.6 Å². The van der Waals surface area contributed by atoms with Crippen molar-refractivity contribution in [3.05, 3.63) is 21.7 Å². The van der Waals surface area contributed by atoms with Gasteiger partial charge < -0.3 is 9.88 Å². The average molecular weight is 228 g/mol. The number of H-pyrrole nitrogens is 1. The van der Waals surface area contributed by atoms with Crippen molar-refractivity contribution in [1.29, 1.82) is 0 Å². The molecule has 6 heteroatoms. The van der Waals surface area contributed by atoms with E-state index in [0.29, 0.717) is 31.7 Å². The Hall–Kier alpha value is -1.36. The van der Waals surface area contributed by atoms with E-state index >= 15 is 0 Å². The SMILES string of the molecule is O=C1CCN(c2nc[nH]c(=O)c2Cl)CC1. The van der Waals surface area contributed by atoms with E-state index < -0.39 is 0 Å². The first-order valence-electron chi connectivity index (χ1n) is 4.68. The Morgan fingerprint density at radius 2 is 2.00 bits per heavy atom. The molecule has 1 saturated heterocycles. The summed E-state index contributed by atoms with van der Waals surface area (Å²) in [5.74, 6) is 0.708. The van der Waals surface area contributed by atoms with Crippen LogP contribution in [0.1, 0.15) is 12.8 Å². The standard InChI is InChI=1S/C9H10ClN3O2/c10-7-8(11-5-12-9(7)15)13-3-1-6(14)2-4-13/h5H,1-4H2,(H,11,12,15). The van der Waals surface area contributed by atoms with Gasteiger partial charge in [0.1, 0.15) is 10.8 Å². The van der Waals surface area contributed by atoms with Crippen molar-refractivity contribution in [2.24, 2.45) is 0 Å². The minimum Gasteiger partial charge on any atom is -0.354 e. The number of nitrogens with zero attached hydrogens (tertiary/aromatic N) is 2. The van der Waals surface area contributed by atoms with Crippen molar-refractivity contribution in [2.45, 2.75) is 12.8 Å². The summed E-state index contributed by atoms with van der Waals surface area (Å²) in [4.78, 5) is 30.5. The number of nitrogens with one attached hydrogen (secondary N) is 1. The van der Waals surface area contributed by atoms with Crippen LogP contribution in [0.25, 0.3) is 0 Å². The van der Waals surface area contributed by atoms with Gasteiger partial charge in [0.2, 0.25) is 0 Å². The van der Waals surface area contributed by atoms with Crippen LogP contribution in [-0.4, -0.2) is 28.8 Å². The highest BCUT2D eigenvalue weighted by Gasteiger charge is 2.20. The van der Waals surface area contributed by atoms with E-state index in [0.717, 1.165) is 0 Å². The normalized spacial score (nSPS) is 16.9. The van der Waals surface area contributed by atoms with E-state index in [1.54, 1.807) is 0 Å². The quantitative estimate of drug-likeness (QED) is 0.763. The monoisotopic (exact) mass is 227 g/mol. The molecule has 80 valence electrons. The summed E-state index contributed by atoms with van der Waals surface area (Å²) in [5, 5.41) is 0.0897. The first-order chi connectivity index (χ1) is 7.18. The number of Topliss-reactive ketones (excluding diaryl/α,β-unsaturated/α-hetero) is 1. The van der Waals surface area contributed by atoms with Gasteiger partial charge in [-0.15, -0.1) is 0 Å². The Morgan fingerprint density at radius 3 is 2.67 bits per heavy atom. The second kappa shape index (κ2) is 4.02. The van der Waals surface area contributed by atoms with Crippen LogP contribution in [0.4, 0.5) is 5.82 Å². The fourth-order valence-corrected chi connectivity index (χ4v) is 1.78. The zero-order chi connectivity index (χ0) is 10.8. The predicted octanol–water partition coefficient (Wildman–Crippen LogP) is 0.593. The van der Waals surface area contributed by atoms with Crippen LogP contribution in [0.3, 0.4) is 0 Å². The number of carbonyl (C=O) groups excluding carboxylic acids is 1. The van der Waals surface area contributed by atoms with Crippen LogP contribution < -0.4 is 10.5 Å². The molecule has 0 atom stereocenters. The minimum absolute atomic E-state index is 0.0897. The zero-order valence-corrected chi connectivity index (χ0v) is 8.75. The molecule has 1 N–H and O–H groups in total. The van der Waals surface area contributed by atoms with Gasteiger partial charge >= 0.3 is 0 Å². The van der Waals surface area contributed by atoms with E-state index in [4.69, 9.17) is 11.6 Å². The molecule has 5 nitrogen and oxygen atoms in total. The molecule has 0 aromatic carbocycles. The number of ketones is 1. The Balaban J connectivity index is 2.26. The highest BCUT2D eigenvalue weighted by molar-refractivity contribution is 6.32. The lowest BCUT2D eigenvalue weighted by Gasteiger charge is -2.27. The summed E-state index contributed by atoms with van der Waals surface area (Å²) in [6, 6.07) is 0. The molecular formula is C9H10ClN3O2. The van der Waals surface area contributed by atoms with Gasteiger partial charge in [0.05, 0.1) is 6.33 Å². The number of rotatable bonds is 1. The number of carbonyl (C=O) groups is 1. The summed E-state index contributed by atoms with van der Waals surface area (Å²) < 4.78 is 0. The molecule has 0 bridgehead atoms. The smallest absolute Gasteiger partial charge is 0.271 e. The molecule has 0 saturated carbocycles. The number of aromatic nitrogens is 2. The molecule has 1 fully saturated rings. The fourth-order valence-electron chi connectivity index (χ4n) is 1.56. The van der Waals surface area contributed by atoms with Gasteiger partial charge in [0.15, 0.2) is 5.82 Å². The molecule has 15 heavy (non-hydrogen) atoms. The van der Waals surface area contributed by atoms with Gasteiger partial charge in [0, 0.05) is 25.9 Å². The summed E-state index contributed by atoms with van der Waals surface area (Å²) in [7, 11) is 0. The molecule has 0 spiro atoms. The average Bonchev–Trinajstić information content (AvgIpc) is 2.24. The first kappa shape index (κ1) is 10.2. The van der Waals surface area contributed by atoms with Gasteiger partial charge in [-0.3, -0.25) is 9.59 Å². The second-order valence-electron chi connectivity index (χ2n) is 3.39. The van der Waals surface area contributed by atoms with E-state index in [2.05, 4.69) is 9.97 Å². The maximum Gasteiger partial charge on any atom is 0.271 e. The van der Waals surface area contributed by atoms with Crippen molar-refractivity contribution in [3.63, 3.8) is 0 Å². The van der Waals surface area contributed by atoms with Crippen LogP contribution in [0.15, 0.2) is 11.1 Å². The molecular weight excluding hydrogens is 218 g/mol. The lowest BCUT2D eigenvalue weighted by atomic mass is 10.1. The zero-order valence-electron chi connectivity index (χ0n) is 7.99. The van der Waals surface area contributed by atoms with Crippen molar-refractivity contribution >= 4 is 23.2 Å². The first-order valence-corrected chi connectivity index (χ1v) is 5.06. The van der Waals surface area contributed by atoms with Crippen LogP contribution in [0.5, 0.6) is 0 Å². The highest BCUT2D eigenvalue weighted by Crippen LogP contribution is 2.20. The van der Waals surface area contributed by atoms with Crippen LogP contribution in [0, 0.1) is 0 Å². The molecule has 2 heterocycles. The molecule has 0 radical (unpaired) electrons. The van der Waals surface area contributed by atoms with E-state index in [-0.39, 0.29) is 16.4 Å². The molecule has 0 unspecified atom stereocenters. The topological polar surface area (TPSA) is 66.1 Å². The third kappa shape index (κ3) is 2.02. The lowest BCUT2D eigenvalue weighted by Crippen LogP contribution is -2.35. The van der Waals surface area contributed by atoms with Gasteiger partial charge in [-0.2, -0.15) is 0 Å². The van der Waals surface area contributed by atoms with Crippen molar-refractivity contribution in [2.75, 3.05) is 18.0 Å². The summed E-state index contributed by atoms with van der Waals surface area (Å²) >= 11 is 5.83. The molecule has 1 aromatic rings. The van der Waals surface area contributed by atoms with Crippen LogP contribution in [0.2, 0.25) is 5.02 Å².